The van der Waals surface area contributed by atoms with Gasteiger partial charge in [-0.05, 0) is 30.7 Å². The number of hydrogen-bond acceptors (Lipinski definition) is 10. The maximum absolute atomic E-state index is 11.4. The highest BCUT2D eigenvalue weighted by atomic mass is 16.6. The summed E-state index contributed by atoms with van der Waals surface area (Å²) in [5, 5.41) is 2.70. The van der Waals surface area contributed by atoms with E-state index in [-0.39, 0.29) is 18.5 Å². The molecule has 0 atom stereocenters. The van der Waals surface area contributed by atoms with Gasteiger partial charge in [0.25, 0.3) is 0 Å². The number of amides is 1. The Morgan fingerprint density at radius 2 is 1.05 bits per heavy atom. The molecule has 39 heavy (non-hydrogen) atoms. The third-order valence-corrected chi connectivity index (χ3v) is 5.01. The summed E-state index contributed by atoms with van der Waals surface area (Å²) in [6, 6.07) is 7.17. The minimum Gasteiger partial charge on any atom is -0.491 e. The van der Waals surface area contributed by atoms with E-state index < -0.39 is 0 Å². The molecular weight excluding hydrogens is 510 g/mol. The molecular formula is C28H47NO10. The smallest absolute Gasteiger partial charge is 0.305 e. The lowest BCUT2D eigenvalue weighted by Gasteiger charge is -2.09. The average Bonchev–Trinajstić information content (AvgIpc) is 2.92. The van der Waals surface area contributed by atoms with E-state index >= 15 is 0 Å². The molecule has 0 saturated heterocycles. The van der Waals surface area contributed by atoms with Gasteiger partial charge in [-0.1, -0.05) is 19.8 Å². The van der Waals surface area contributed by atoms with E-state index in [0.29, 0.717) is 98.1 Å². The zero-order valence-electron chi connectivity index (χ0n) is 23.6. The van der Waals surface area contributed by atoms with Crippen LogP contribution in [0.1, 0.15) is 39.5 Å². The predicted octanol–water partition coefficient (Wildman–Crippen LogP) is 3.25. The number of carbonyl (C=O) groups excluding carboxylic acids is 2. The summed E-state index contributed by atoms with van der Waals surface area (Å²) in [6.07, 6.45) is 3.49. The van der Waals surface area contributed by atoms with Gasteiger partial charge in [0.1, 0.15) is 19.0 Å². The summed E-state index contributed by atoms with van der Waals surface area (Å²) < 4.78 is 43.3. The molecule has 0 bridgehead atoms. The van der Waals surface area contributed by atoms with Gasteiger partial charge < -0.3 is 43.2 Å². The van der Waals surface area contributed by atoms with Gasteiger partial charge in [-0.3, -0.25) is 9.59 Å². The first kappa shape index (κ1) is 34.7. The van der Waals surface area contributed by atoms with Crippen LogP contribution in [0, 0.1) is 0 Å². The first-order valence-corrected chi connectivity index (χ1v) is 13.7. The molecule has 11 heteroatoms. The van der Waals surface area contributed by atoms with Gasteiger partial charge in [0, 0.05) is 19.0 Å². The monoisotopic (exact) mass is 557 g/mol. The summed E-state index contributed by atoms with van der Waals surface area (Å²) in [7, 11) is 0. The number of anilines is 1. The van der Waals surface area contributed by atoms with E-state index in [1.54, 1.807) is 24.3 Å². The van der Waals surface area contributed by atoms with Gasteiger partial charge in [-0.2, -0.15) is 0 Å². The highest BCUT2D eigenvalue weighted by Gasteiger charge is 2.02. The van der Waals surface area contributed by atoms with Crippen molar-refractivity contribution in [1.29, 1.82) is 0 Å². The molecule has 0 unspecified atom stereocenters. The summed E-state index contributed by atoms with van der Waals surface area (Å²) in [6.45, 7) is 9.91. The first-order valence-electron chi connectivity index (χ1n) is 13.7. The summed E-state index contributed by atoms with van der Waals surface area (Å²) >= 11 is 0. The van der Waals surface area contributed by atoms with Crippen molar-refractivity contribution in [3.05, 3.63) is 24.3 Å². The first-order chi connectivity index (χ1) is 19.1. The number of esters is 1. The van der Waals surface area contributed by atoms with Crippen molar-refractivity contribution in [3.8, 4) is 5.75 Å². The normalized spacial score (nSPS) is 10.9. The molecule has 1 amide bonds. The summed E-state index contributed by atoms with van der Waals surface area (Å²) in [5.74, 6) is 0.446. The van der Waals surface area contributed by atoms with E-state index in [4.69, 9.17) is 37.9 Å². The third-order valence-electron chi connectivity index (χ3n) is 5.01. The number of unbranched alkanes of at least 4 members (excludes halogenated alkanes) is 2. The largest absolute Gasteiger partial charge is 0.491 e. The van der Waals surface area contributed by atoms with Crippen LogP contribution in [0.4, 0.5) is 5.69 Å². The van der Waals surface area contributed by atoms with Crippen LogP contribution in [0.25, 0.3) is 0 Å². The highest BCUT2D eigenvalue weighted by molar-refractivity contribution is 5.88. The van der Waals surface area contributed by atoms with Crippen molar-refractivity contribution < 1.29 is 47.5 Å². The van der Waals surface area contributed by atoms with Crippen molar-refractivity contribution in [2.45, 2.75) is 39.5 Å². The molecule has 0 aliphatic carbocycles. The SMILES string of the molecule is CCCCCC(=O)OCCOCCOCCOCCOCCOCCOCCOc1ccc(NC(C)=O)cc1. The fourth-order valence-electron chi connectivity index (χ4n) is 3.06. The average molecular weight is 558 g/mol. The molecule has 0 radical (unpaired) electrons. The lowest BCUT2D eigenvalue weighted by Crippen LogP contribution is -2.15. The maximum atomic E-state index is 11.4. The Hall–Kier alpha value is -2.28. The van der Waals surface area contributed by atoms with Gasteiger partial charge in [0.2, 0.25) is 5.91 Å². The molecule has 11 nitrogen and oxygen atoms in total. The van der Waals surface area contributed by atoms with Crippen LogP contribution in [-0.4, -0.2) is 104 Å². The number of benzene rings is 1. The van der Waals surface area contributed by atoms with Crippen molar-refractivity contribution in [1.82, 2.24) is 0 Å². The van der Waals surface area contributed by atoms with E-state index in [1.165, 1.54) is 6.92 Å². The minimum atomic E-state index is -0.161. The Bertz CT molecular complexity index is 717. The van der Waals surface area contributed by atoms with Crippen LogP contribution in [0.3, 0.4) is 0 Å². The number of nitrogens with one attached hydrogen (secondary N) is 1. The van der Waals surface area contributed by atoms with Gasteiger partial charge in [-0.15, -0.1) is 0 Å². The number of carbonyl (C=O) groups is 2. The number of ether oxygens (including phenoxy) is 8. The Balaban J connectivity index is 1.72. The molecule has 0 heterocycles. The molecule has 0 saturated carbocycles. The van der Waals surface area contributed by atoms with Crippen LogP contribution < -0.4 is 10.1 Å². The molecule has 0 aromatic heterocycles. The van der Waals surface area contributed by atoms with Crippen molar-refractivity contribution in [2.24, 2.45) is 0 Å². The second kappa shape index (κ2) is 26.0. The molecule has 0 aliphatic heterocycles. The second-order valence-electron chi connectivity index (χ2n) is 8.41. The Kier molecular flexibility index (Phi) is 23.1. The fourth-order valence-corrected chi connectivity index (χ4v) is 3.06. The van der Waals surface area contributed by atoms with Crippen LogP contribution in [0.15, 0.2) is 24.3 Å². The molecule has 0 aliphatic rings. The van der Waals surface area contributed by atoms with Gasteiger partial charge in [0.05, 0.1) is 79.3 Å². The molecule has 1 N–H and O–H groups in total. The fraction of sp³-hybridized carbons (Fsp3) is 0.714. The zero-order chi connectivity index (χ0) is 28.2. The molecule has 0 fully saturated rings. The lowest BCUT2D eigenvalue weighted by atomic mass is 10.2. The molecule has 1 rings (SSSR count). The minimum absolute atomic E-state index is 0.108. The van der Waals surface area contributed by atoms with Gasteiger partial charge in [0.15, 0.2) is 0 Å². The van der Waals surface area contributed by atoms with Crippen LogP contribution in [0.5, 0.6) is 5.75 Å². The van der Waals surface area contributed by atoms with Gasteiger partial charge >= 0.3 is 5.97 Å². The topological polar surface area (TPSA) is 120 Å². The Morgan fingerprint density at radius 1 is 0.615 bits per heavy atom. The molecule has 1 aromatic carbocycles. The van der Waals surface area contributed by atoms with Crippen LogP contribution >= 0.6 is 0 Å². The van der Waals surface area contributed by atoms with Crippen LogP contribution in [-0.2, 0) is 42.7 Å². The molecule has 1 aromatic rings. The van der Waals surface area contributed by atoms with Crippen LogP contribution in [0.2, 0.25) is 0 Å². The maximum Gasteiger partial charge on any atom is 0.305 e. The summed E-state index contributed by atoms with van der Waals surface area (Å²) in [5.41, 5.74) is 0.731. The Morgan fingerprint density at radius 3 is 1.49 bits per heavy atom. The van der Waals surface area contributed by atoms with Crippen molar-refractivity contribution >= 4 is 17.6 Å². The van der Waals surface area contributed by atoms with E-state index in [0.717, 1.165) is 24.9 Å². The molecule has 0 spiro atoms. The van der Waals surface area contributed by atoms with E-state index in [1.807, 2.05) is 0 Å². The number of hydrogen-bond donors (Lipinski definition) is 1. The molecule has 224 valence electrons. The quantitative estimate of drug-likeness (QED) is 0.127. The standard InChI is InChI=1S/C28H47NO10/c1-3-4-5-6-28(31)39-24-22-37-20-18-35-16-14-33-12-11-32-13-15-34-17-19-36-21-23-38-27-9-7-26(8-10-27)29-25(2)30/h7-10H,3-6,11-24H2,1-2H3,(H,29,30). The van der Waals surface area contributed by atoms with Crippen molar-refractivity contribution in [3.63, 3.8) is 0 Å². The number of rotatable bonds is 27. The second-order valence-corrected chi connectivity index (χ2v) is 8.41. The Labute approximate surface area is 232 Å². The lowest BCUT2D eigenvalue weighted by molar-refractivity contribution is -0.145. The van der Waals surface area contributed by atoms with Gasteiger partial charge in [-0.25, -0.2) is 0 Å². The predicted molar refractivity (Wildman–Crippen MR) is 146 cm³/mol. The van der Waals surface area contributed by atoms with E-state index in [9.17, 15) is 9.59 Å². The van der Waals surface area contributed by atoms with Crippen molar-refractivity contribution in [2.75, 3.05) is 97.8 Å². The highest BCUT2D eigenvalue weighted by Crippen LogP contribution is 2.15. The summed E-state index contributed by atoms with van der Waals surface area (Å²) in [4.78, 5) is 22.4. The van der Waals surface area contributed by atoms with E-state index in [2.05, 4.69) is 12.2 Å². The third kappa shape index (κ3) is 23.3. The zero-order valence-corrected chi connectivity index (χ0v) is 23.6.